The third-order valence-electron chi connectivity index (χ3n) is 3.93. The Bertz CT molecular complexity index is 368. The number of piperazine rings is 1. The third-order valence-corrected chi connectivity index (χ3v) is 5.23. The predicted octanol–water partition coefficient (Wildman–Crippen LogP) is 0.588. The van der Waals surface area contributed by atoms with Gasteiger partial charge in [-0.3, -0.25) is 0 Å². The Morgan fingerprint density at radius 1 is 1.16 bits per heavy atom. The van der Waals surface area contributed by atoms with Crippen molar-refractivity contribution in [2.45, 2.75) is 33.2 Å². The molecule has 19 heavy (non-hydrogen) atoms. The number of hydrogen-bond acceptors (Lipinski definition) is 4. The van der Waals surface area contributed by atoms with Crippen LogP contribution < -0.4 is 5.32 Å². The van der Waals surface area contributed by atoms with Crippen molar-refractivity contribution in [3.63, 3.8) is 0 Å². The van der Waals surface area contributed by atoms with Crippen LogP contribution in [0.15, 0.2) is 0 Å². The van der Waals surface area contributed by atoms with Crippen molar-refractivity contribution >= 4 is 10.0 Å². The van der Waals surface area contributed by atoms with Gasteiger partial charge in [0.1, 0.15) is 0 Å². The van der Waals surface area contributed by atoms with E-state index in [9.17, 15) is 8.42 Å². The summed E-state index contributed by atoms with van der Waals surface area (Å²) in [4.78, 5) is 2.36. The fourth-order valence-electron chi connectivity index (χ4n) is 2.61. The molecule has 0 aromatic rings. The summed E-state index contributed by atoms with van der Waals surface area (Å²) in [5.74, 6) is 0. The Balaban J connectivity index is 2.38. The van der Waals surface area contributed by atoms with Crippen molar-refractivity contribution in [1.82, 2.24) is 14.5 Å². The van der Waals surface area contributed by atoms with Crippen molar-refractivity contribution in [3.8, 4) is 0 Å². The van der Waals surface area contributed by atoms with Crippen LogP contribution in [0, 0.1) is 5.41 Å². The fourth-order valence-corrected chi connectivity index (χ4v) is 3.43. The van der Waals surface area contributed by atoms with Crippen molar-refractivity contribution in [2.24, 2.45) is 5.41 Å². The number of hydrogen-bond donors (Lipinski definition) is 1. The van der Waals surface area contributed by atoms with Gasteiger partial charge in [0.25, 0.3) is 0 Å². The molecule has 0 bridgehead atoms. The van der Waals surface area contributed by atoms with E-state index in [4.69, 9.17) is 0 Å². The lowest BCUT2D eigenvalue weighted by molar-refractivity contribution is 0.165. The molecule has 1 unspecified atom stereocenters. The van der Waals surface area contributed by atoms with Crippen LogP contribution in [0.1, 0.15) is 27.2 Å². The molecule has 5 nitrogen and oxygen atoms in total. The summed E-state index contributed by atoms with van der Waals surface area (Å²) in [6, 6.07) is 0.487. The van der Waals surface area contributed by atoms with Crippen molar-refractivity contribution in [1.29, 1.82) is 0 Å². The van der Waals surface area contributed by atoms with Crippen LogP contribution in [0.5, 0.6) is 0 Å². The Morgan fingerprint density at radius 2 is 1.68 bits per heavy atom. The molecule has 0 aromatic heterocycles. The molecule has 1 rings (SSSR count). The third kappa shape index (κ3) is 5.38. The summed E-state index contributed by atoms with van der Waals surface area (Å²) in [7, 11) is -1.00. The zero-order valence-electron chi connectivity index (χ0n) is 12.9. The minimum Gasteiger partial charge on any atom is -0.316 e. The molecule has 1 atom stereocenters. The second-order valence-electron chi connectivity index (χ2n) is 6.50. The monoisotopic (exact) mass is 291 g/mol. The smallest absolute Gasteiger partial charge is 0.211 e. The predicted molar refractivity (Wildman–Crippen MR) is 79.8 cm³/mol. The van der Waals surface area contributed by atoms with Crippen molar-refractivity contribution in [2.75, 3.05) is 46.0 Å². The van der Waals surface area contributed by atoms with Gasteiger partial charge in [0.2, 0.25) is 10.0 Å². The lowest BCUT2D eigenvalue weighted by Gasteiger charge is -2.36. The zero-order valence-corrected chi connectivity index (χ0v) is 13.8. The van der Waals surface area contributed by atoms with Gasteiger partial charge in [0.15, 0.2) is 0 Å². The van der Waals surface area contributed by atoms with E-state index in [-0.39, 0.29) is 5.41 Å². The van der Waals surface area contributed by atoms with Crippen LogP contribution in [0.25, 0.3) is 0 Å². The molecule has 0 spiro atoms. The molecule has 0 radical (unpaired) electrons. The van der Waals surface area contributed by atoms with Crippen molar-refractivity contribution < 1.29 is 8.42 Å². The summed E-state index contributed by atoms with van der Waals surface area (Å²) in [6.07, 6.45) is 2.39. The minimum atomic E-state index is -3.01. The Labute approximate surface area is 118 Å². The summed E-state index contributed by atoms with van der Waals surface area (Å²) in [5, 5.41) is 3.38. The van der Waals surface area contributed by atoms with Gasteiger partial charge in [0, 0.05) is 32.2 Å². The van der Waals surface area contributed by atoms with Gasteiger partial charge < -0.3 is 10.2 Å². The maximum Gasteiger partial charge on any atom is 0.211 e. The van der Waals surface area contributed by atoms with E-state index in [1.807, 2.05) is 7.05 Å². The van der Waals surface area contributed by atoms with Crippen LogP contribution >= 0.6 is 0 Å². The Kier molecular flexibility index (Phi) is 5.79. The van der Waals surface area contributed by atoms with Gasteiger partial charge in [-0.05, 0) is 25.4 Å². The number of rotatable bonds is 5. The van der Waals surface area contributed by atoms with E-state index in [1.165, 1.54) is 6.26 Å². The number of sulfonamides is 1. The molecule has 0 saturated carbocycles. The number of nitrogens with one attached hydrogen (secondary N) is 1. The highest BCUT2D eigenvalue weighted by Crippen LogP contribution is 2.22. The average Bonchev–Trinajstić information content (AvgIpc) is 2.27. The van der Waals surface area contributed by atoms with Gasteiger partial charge in [-0.15, -0.1) is 0 Å². The van der Waals surface area contributed by atoms with Crippen LogP contribution in [0.4, 0.5) is 0 Å². The molecular weight excluding hydrogens is 262 g/mol. The van der Waals surface area contributed by atoms with E-state index in [1.54, 1.807) is 4.31 Å². The Morgan fingerprint density at radius 3 is 2.05 bits per heavy atom. The molecule has 1 aliphatic rings. The fraction of sp³-hybridized carbons (Fsp3) is 1.00. The minimum absolute atomic E-state index is 0.253. The highest BCUT2D eigenvalue weighted by atomic mass is 32.2. The summed E-state index contributed by atoms with van der Waals surface area (Å²) >= 11 is 0. The first-order valence-electron chi connectivity index (χ1n) is 6.99. The quantitative estimate of drug-likeness (QED) is 0.805. The molecule has 1 aliphatic heterocycles. The lowest BCUT2D eigenvalue weighted by Crippen LogP contribution is -2.49. The van der Waals surface area contributed by atoms with Gasteiger partial charge >= 0.3 is 0 Å². The second-order valence-corrected chi connectivity index (χ2v) is 8.48. The van der Waals surface area contributed by atoms with Crippen molar-refractivity contribution in [3.05, 3.63) is 0 Å². The van der Waals surface area contributed by atoms with Gasteiger partial charge in [0.05, 0.1) is 6.26 Å². The standard InChI is InChI=1S/C13H29N3O2S/c1-13(2,3)12(14-4)6-7-15-8-10-16(11-9-15)19(5,17)18/h12,14H,6-11H2,1-5H3. The largest absolute Gasteiger partial charge is 0.316 e. The van der Waals surface area contributed by atoms with E-state index in [0.29, 0.717) is 19.1 Å². The van der Waals surface area contributed by atoms with Gasteiger partial charge in [-0.25, -0.2) is 8.42 Å². The second kappa shape index (κ2) is 6.52. The first-order valence-corrected chi connectivity index (χ1v) is 8.84. The number of nitrogens with zero attached hydrogens (tertiary/aromatic N) is 2. The van der Waals surface area contributed by atoms with Crippen LogP contribution in [-0.4, -0.2) is 69.7 Å². The van der Waals surface area contributed by atoms with E-state index in [2.05, 4.69) is 31.0 Å². The summed E-state index contributed by atoms with van der Waals surface area (Å²) in [5.41, 5.74) is 0.253. The Hall–Kier alpha value is -0.170. The van der Waals surface area contributed by atoms with E-state index in [0.717, 1.165) is 26.1 Å². The lowest BCUT2D eigenvalue weighted by atomic mass is 9.85. The van der Waals surface area contributed by atoms with E-state index >= 15 is 0 Å². The maximum absolute atomic E-state index is 11.4. The molecule has 0 aliphatic carbocycles. The molecular formula is C13H29N3O2S. The first kappa shape index (κ1) is 16.9. The van der Waals surface area contributed by atoms with Crippen LogP contribution in [-0.2, 0) is 10.0 Å². The molecule has 1 fully saturated rings. The average molecular weight is 291 g/mol. The molecule has 114 valence electrons. The normalized spacial score (nSPS) is 21.5. The SMILES string of the molecule is CNC(CCN1CCN(S(C)(=O)=O)CC1)C(C)(C)C. The van der Waals surface area contributed by atoms with Gasteiger partial charge in [-0.2, -0.15) is 4.31 Å². The van der Waals surface area contributed by atoms with Crippen LogP contribution in [0.2, 0.25) is 0 Å². The molecule has 0 amide bonds. The molecule has 6 heteroatoms. The summed E-state index contributed by atoms with van der Waals surface area (Å²) < 4.78 is 24.4. The van der Waals surface area contributed by atoms with Gasteiger partial charge in [-0.1, -0.05) is 20.8 Å². The molecule has 1 saturated heterocycles. The maximum atomic E-state index is 11.4. The van der Waals surface area contributed by atoms with E-state index < -0.39 is 10.0 Å². The summed E-state index contributed by atoms with van der Waals surface area (Å²) in [6.45, 7) is 10.7. The highest BCUT2D eigenvalue weighted by Gasteiger charge is 2.26. The van der Waals surface area contributed by atoms with Crippen LogP contribution in [0.3, 0.4) is 0 Å². The molecule has 1 heterocycles. The highest BCUT2D eigenvalue weighted by molar-refractivity contribution is 7.88. The molecule has 0 aromatic carbocycles. The topological polar surface area (TPSA) is 52.6 Å². The first-order chi connectivity index (χ1) is 8.64. The molecule has 1 N–H and O–H groups in total. The zero-order chi connectivity index (χ0) is 14.7.